The number of benzene rings is 1. The summed E-state index contributed by atoms with van der Waals surface area (Å²) in [5, 5.41) is 9.79. The molecule has 0 aliphatic carbocycles. The standard InChI is InChI=1S/C16H12Cl2N2O/c1-10-11(7-13(9-19)20(10)2)3-6-16(21)14-5-4-12(17)8-15(14)18/h3-8H,1-2H3/b6-3+. The van der Waals surface area contributed by atoms with Gasteiger partial charge < -0.3 is 4.57 Å². The van der Waals surface area contributed by atoms with Gasteiger partial charge in [0, 0.05) is 23.3 Å². The maximum atomic E-state index is 12.1. The van der Waals surface area contributed by atoms with Gasteiger partial charge in [-0.25, -0.2) is 0 Å². The van der Waals surface area contributed by atoms with Crippen LogP contribution in [-0.2, 0) is 7.05 Å². The van der Waals surface area contributed by atoms with Crippen LogP contribution in [0.4, 0.5) is 0 Å². The average Bonchev–Trinajstić information content (AvgIpc) is 2.72. The number of carbonyl (C=O) groups excluding carboxylic acids is 1. The summed E-state index contributed by atoms with van der Waals surface area (Å²) in [4.78, 5) is 12.1. The molecule has 0 amide bonds. The van der Waals surface area contributed by atoms with Gasteiger partial charge in [0.15, 0.2) is 5.78 Å². The second-order valence-corrected chi connectivity index (χ2v) is 5.41. The van der Waals surface area contributed by atoms with Crippen LogP contribution in [0.15, 0.2) is 30.3 Å². The van der Waals surface area contributed by atoms with Crippen LogP contribution in [-0.4, -0.2) is 10.4 Å². The molecular formula is C16H12Cl2N2O. The van der Waals surface area contributed by atoms with E-state index in [-0.39, 0.29) is 5.78 Å². The number of aromatic nitrogens is 1. The van der Waals surface area contributed by atoms with Crippen molar-refractivity contribution in [2.45, 2.75) is 6.92 Å². The predicted octanol–water partition coefficient (Wildman–Crippen LogP) is 4.41. The Morgan fingerprint density at radius 2 is 2.05 bits per heavy atom. The molecule has 2 aromatic rings. The zero-order valence-corrected chi connectivity index (χ0v) is 13.0. The van der Waals surface area contributed by atoms with Gasteiger partial charge in [-0.1, -0.05) is 23.2 Å². The van der Waals surface area contributed by atoms with Crippen molar-refractivity contribution < 1.29 is 4.79 Å². The Morgan fingerprint density at radius 1 is 1.33 bits per heavy atom. The molecule has 2 rings (SSSR count). The Balaban J connectivity index is 2.29. The van der Waals surface area contributed by atoms with Gasteiger partial charge in [-0.3, -0.25) is 4.79 Å². The number of rotatable bonds is 3. The van der Waals surface area contributed by atoms with E-state index in [0.717, 1.165) is 11.3 Å². The van der Waals surface area contributed by atoms with Crippen LogP contribution in [0.3, 0.4) is 0 Å². The van der Waals surface area contributed by atoms with Crippen molar-refractivity contribution in [1.82, 2.24) is 4.57 Å². The Bertz CT molecular complexity index is 782. The molecule has 0 saturated heterocycles. The number of allylic oxidation sites excluding steroid dienone is 1. The van der Waals surface area contributed by atoms with Gasteiger partial charge in [0.05, 0.1) is 5.02 Å². The van der Waals surface area contributed by atoms with E-state index in [1.54, 1.807) is 28.8 Å². The summed E-state index contributed by atoms with van der Waals surface area (Å²) in [6.07, 6.45) is 3.13. The van der Waals surface area contributed by atoms with Crippen molar-refractivity contribution in [1.29, 1.82) is 5.26 Å². The van der Waals surface area contributed by atoms with Gasteiger partial charge >= 0.3 is 0 Å². The number of carbonyl (C=O) groups is 1. The minimum absolute atomic E-state index is 0.210. The minimum Gasteiger partial charge on any atom is -0.339 e. The fraction of sp³-hybridized carbons (Fsp3) is 0.125. The third-order valence-corrected chi connectivity index (χ3v) is 3.85. The van der Waals surface area contributed by atoms with E-state index >= 15 is 0 Å². The molecule has 5 heteroatoms. The number of hydrogen-bond acceptors (Lipinski definition) is 2. The molecule has 106 valence electrons. The molecule has 1 heterocycles. The fourth-order valence-corrected chi connectivity index (χ4v) is 2.45. The summed E-state index contributed by atoms with van der Waals surface area (Å²) >= 11 is 11.8. The van der Waals surface area contributed by atoms with Crippen molar-refractivity contribution in [3.05, 3.63) is 62.9 Å². The molecule has 0 unspecified atom stereocenters. The molecule has 0 spiro atoms. The number of halogens is 2. The monoisotopic (exact) mass is 318 g/mol. The van der Waals surface area contributed by atoms with Crippen molar-refractivity contribution in [2.75, 3.05) is 0 Å². The number of hydrogen-bond donors (Lipinski definition) is 0. The molecule has 0 bridgehead atoms. The molecule has 0 aliphatic rings. The van der Waals surface area contributed by atoms with Crippen LogP contribution in [0.5, 0.6) is 0 Å². The Labute approximate surface area is 133 Å². The van der Waals surface area contributed by atoms with E-state index in [9.17, 15) is 4.79 Å². The molecule has 1 aromatic carbocycles. The lowest BCUT2D eigenvalue weighted by atomic mass is 10.1. The Kier molecular flexibility index (Phi) is 4.52. The summed E-state index contributed by atoms with van der Waals surface area (Å²) in [5.41, 5.74) is 2.68. The van der Waals surface area contributed by atoms with Gasteiger partial charge in [-0.05, 0) is 48.9 Å². The Morgan fingerprint density at radius 3 is 2.62 bits per heavy atom. The van der Waals surface area contributed by atoms with Crippen molar-refractivity contribution in [3.8, 4) is 6.07 Å². The van der Waals surface area contributed by atoms with E-state index in [2.05, 4.69) is 6.07 Å². The van der Waals surface area contributed by atoms with Crippen molar-refractivity contribution >= 4 is 35.1 Å². The highest BCUT2D eigenvalue weighted by Gasteiger charge is 2.09. The maximum Gasteiger partial charge on any atom is 0.187 e. The molecule has 0 N–H and O–H groups in total. The number of nitrogens with zero attached hydrogens (tertiary/aromatic N) is 2. The second-order valence-electron chi connectivity index (χ2n) is 4.56. The molecule has 0 radical (unpaired) electrons. The van der Waals surface area contributed by atoms with Gasteiger partial charge in [-0.15, -0.1) is 0 Å². The predicted molar refractivity (Wildman–Crippen MR) is 84.7 cm³/mol. The summed E-state index contributed by atoms with van der Waals surface area (Å²) < 4.78 is 1.78. The highest BCUT2D eigenvalue weighted by atomic mass is 35.5. The summed E-state index contributed by atoms with van der Waals surface area (Å²) in [6.45, 7) is 1.89. The smallest absolute Gasteiger partial charge is 0.187 e. The zero-order valence-electron chi connectivity index (χ0n) is 11.5. The van der Waals surface area contributed by atoms with Gasteiger partial charge in [0.25, 0.3) is 0 Å². The van der Waals surface area contributed by atoms with Gasteiger partial charge in [-0.2, -0.15) is 5.26 Å². The highest BCUT2D eigenvalue weighted by molar-refractivity contribution is 6.37. The topological polar surface area (TPSA) is 45.8 Å². The molecule has 0 atom stereocenters. The second kappa shape index (κ2) is 6.17. The summed E-state index contributed by atoms with van der Waals surface area (Å²) in [6, 6.07) is 8.59. The van der Waals surface area contributed by atoms with E-state index < -0.39 is 0 Å². The molecule has 0 saturated carbocycles. The molecule has 0 fully saturated rings. The largest absolute Gasteiger partial charge is 0.339 e. The normalized spacial score (nSPS) is 10.8. The van der Waals surface area contributed by atoms with Crippen LogP contribution in [0, 0.1) is 18.3 Å². The zero-order chi connectivity index (χ0) is 15.6. The van der Waals surface area contributed by atoms with Gasteiger partial charge in [0.2, 0.25) is 0 Å². The summed E-state index contributed by atoms with van der Waals surface area (Å²) in [7, 11) is 1.81. The third kappa shape index (κ3) is 3.18. The highest BCUT2D eigenvalue weighted by Crippen LogP contribution is 2.22. The maximum absolute atomic E-state index is 12.1. The molecule has 0 aliphatic heterocycles. The SMILES string of the molecule is Cc1c(/C=C/C(=O)c2ccc(Cl)cc2Cl)cc(C#N)n1C. The first kappa shape index (κ1) is 15.4. The molecule has 3 nitrogen and oxygen atoms in total. The first-order chi connectivity index (χ1) is 9.93. The van der Waals surface area contributed by atoms with Crippen LogP contribution < -0.4 is 0 Å². The molecule has 21 heavy (non-hydrogen) atoms. The van der Waals surface area contributed by atoms with Crippen LogP contribution >= 0.6 is 23.2 Å². The molecular weight excluding hydrogens is 307 g/mol. The van der Waals surface area contributed by atoms with Crippen molar-refractivity contribution in [3.63, 3.8) is 0 Å². The van der Waals surface area contributed by atoms with Crippen LogP contribution in [0.1, 0.15) is 27.3 Å². The van der Waals surface area contributed by atoms with E-state index in [1.165, 1.54) is 12.1 Å². The molecule has 1 aromatic heterocycles. The first-order valence-electron chi connectivity index (χ1n) is 6.18. The quantitative estimate of drug-likeness (QED) is 0.621. The lowest BCUT2D eigenvalue weighted by molar-refractivity contribution is 0.104. The first-order valence-corrected chi connectivity index (χ1v) is 6.93. The fourth-order valence-electron chi connectivity index (χ4n) is 1.94. The average molecular weight is 319 g/mol. The lowest BCUT2D eigenvalue weighted by Crippen LogP contribution is -1.96. The Hall–Kier alpha value is -2.02. The van der Waals surface area contributed by atoms with E-state index in [0.29, 0.717) is 21.3 Å². The number of ketones is 1. The minimum atomic E-state index is -0.210. The summed E-state index contributed by atoms with van der Waals surface area (Å²) in [5.74, 6) is -0.210. The van der Waals surface area contributed by atoms with Gasteiger partial charge in [0.1, 0.15) is 11.8 Å². The van der Waals surface area contributed by atoms with E-state index in [4.69, 9.17) is 28.5 Å². The van der Waals surface area contributed by atoms with Crippen LogP contribution in [0.25, 0.3) is 6.08 Å². The van der Waals surface area contributed by atoms with Crippen LogP contribution in [0.2, 0.25) is 10.0 Å². The third-order valence-electron chi connectivity index (χ3n) is 3.30. The lowest BCUT2D eigenvalue weighted by Gasteiger charge is -2.00. The number of nitriles is 1. The van der Waals surface area contributed by atoms with Crippen molar-refractivity contribution in [2.24, 2.45) is 7.05 Å². The van der Waals surface area contributed by atoms with E-state index in [1.807, 2.05) is 14.0 Å².